The van der Waals surface area contributed by atoms with E-state index in [1.807, 2.05) is 0 Å². The molecule has 1 aromatic rings. The van der Waals surface area contributed by atoms with E-state index in [-0.39, 0.29) is 16.9 Å². The molecule has 60 valence electrons. The van der Waals surface area contributed by atoms with E-state index in [9.17, 15) is 4.79 Å². The zero-order valence-electron chi connectivity index (χ0n) is 5.91. The molecule has 0 spiro atoms. The topological polar surface area (TPSA) is 79.8 Å². The number of carbonyl (C=O) groups excluding carboxylic acids is 1. The lowest BCUT2D eigenvalue weighted by Gasteiger charge is -1.96. The number of nitriles is 1. The normalized spacial score (nSPS) is 9.00. The van der Waals surface area contributed by atoms with Gasteiger partial charge in [0.2, 0.25) is 0 Å². The summed E-state index contributed by atoms with van der Waals surface area (Å²) in [5.41, 5.74) is 5.64. The van der Waals surface area contributed by atoms with Crippen LogP contribution in [0.2, 0.25) is 0 Å². The number of hydrogen-bond acceptors (Lipinski definition) is 4. The fourth-order valence-electron chi connectivity index (χ4n) is 0.672. The number of nitrogens with two attached hydrogens (primary N) is 1. The second-order valence-electron chi connectivity index (χ2n) is 2.04. The first-order chi connectivity index (χ1) is 5.65. The average molecular weight is 182 g/mol. The smallest absolute Gasteiger partial charge is 0.253 e. The zero-order chi connectivity index (χ0) is 9.14. The van der Waals surface area contributed by atoms with Crippen LogP contribution in [-0.4, -0.2) is 10.2 Å². The minimum atomic E-state index is -0.654. The van der Waals surface area contributed by atoms with Crippen LogP contribution >= 0.6 is 11.6 Å². The minimum absolute atomic E-state index is 0.0965. The lowest BCUT2D eigenvalue weighted by molar-refractivity contribution is 0.108. The van der Waals surface area contributed by atoms with Gasteiger partial charge < -0.3 is 5.73 Å². The van der Waals surface area contributed by atoms with Gasteiger partial charge in [-0.15, -0.1) is 0 Å². The van der Waals surface area contributed by atoms with E-state index in [1.54, 1.807) is 6.07 Å². The van der Waals surface area contributed by atoms with Crippen molar-refractivity contribution in [3.05, 3.63) is 23.4 Å². The molecule has 0 fully saturated rings. The Morgan fingerprint density at radius 1 is 1.75 bits per heavy atom. The predicted molar refractivity (Wildman–Crippen MR) is 43.5 cm³/mol. The monoisotopic (exact) mass is 181 g/mol. The molecule has 0 bridgehead atoms. The van der Waals surface area contributed by atoms with Crippen LogP contribution < -0.4 is 5.73 Å². The van der Waals surface area contributed by atoms with Crippen molar-refractivity contribution >= 4 is 22.7 Å². The van der Waals surface area contributed by atoms with Crippen LogP contribution in [0.4, 0.5) is 5.82 Å². The molecule has 0 radical (unpaired) electrons. The molecule has 1 rings (SSSR count). The summed E-state index contributed by atoms with van der Waals surface area (Å²) < 4.78 is 0. The van der Waals surface area contributed by atoms with Gasteiger partial charge in [0.05, 0.1) is 11.1 Å². The van der Waals surface area contributed by atoms with Crippen LogP contribution in [0.5, 0.6) is 0 Å². The first-order valence-electron chi connectivity index (χ1n) is 3.00. The lowest BCUT2D eigenvalue weighted by atomic mass is 10.2. The van der Waals surface area contributed by atoms with Gasteiger partial charge in [0.25, 0.3) is 5.24 Å². The number of nitrogen functional groups attached to an aromatic ring is 1. The molecule has 0 aliphatic rings. The van der Waals surface area contributed by atoms with E-state index < -0.39 is 5.24 Å². The Morgan fingerprint density at radius 2 is 2.42 bits per heavy atom. The number of hydrogen-bond donors (Lipinski definition) is 1. The molecule has 1 aromatic heterocycles. The first-order valence-corrected chi connectivity index (χ1v) is 3.38. The molecule has 4 nitrogen and oxygen atoms in total. The Labute approximate surface area is 73.6 Å². The van der Waals surface area contributed by atoms with Crippen molar-refractivity contribution in [2.75, 3.05) is 5.73 Å². The molecule has 12 heavy (non-hydrogen) atoms. The van der Waals surface area contributed by atoms with Gasteiger partial charge in [-0.3, -0.25) is 4.79 Å². The zero-order valence-corrected chi connectivity index (χ0v) is 6.67. The Bertz CT molecular complexity index is 369. The molecule has 0 aliphatic heterocycles. The molecule has 0 atom stereocenters. The van der Waals surface area contributed by atoms with Crippen LogP contribution in [0.25, 0.3) is 0 Å². The largest absolute Gasteiger partial charge is 0.383 e. The first kappa shape index (κ1) is 8.50. The number of aromatic nitrogens is 1. The fraction of sp³-hybridized carbons (Fsp3) is 0. The maximum Gasteiger partial charge on any atom is 0.253 e. The Morgan fingerprint density at radius 3 is 2.92 bits per heavy atom. The van der Waals surface area contributed by atoms with Crippen LogP contribution in [0.3, 0.4) is 0 Å². The predicted octanol–water partition coefficient (Wildman–Crippen LogP) is 0.914. The van der Waals surface area contributed by atoms with Gasteiger partial charge in [-0.1, -0.05) is 0 Å². The standard InChI is InChI=1S/C7H4ClN3O/c8-6(12)5-1-4(2-9)7(10)11-3-5/h1,3H,(H2,10,11). The number of anilines is 1. The molecule has 1 heterocycles. The van der Waals surface area contributed by atoms with Crippen molar-refractivity contribution in [1.82, 2.24) is 4.98 Å². The molecule has 0 saturated carbocycles. The molecule has 5 heteroatoms. The van der Waals surface area contributed by atoms with Crippen molar-refractivity contribution in [2.24, 2.45) is 0 Å². The van der Waals surface area contributed by atoms with Crippen molar-refractivity contribution in [3.63, 3.8) is 0 Å². The van der Waals surface area contributed by atoms with Crippen molar-refractivity contribution in [2.45, 2.75) is 0 Å². The summed E-state index contributed by atoms with van der Waals surface area (Å²) in [5.74, 6) is 0.0965. The number of pyridine rings is 1. The van der Waals surface area contributed by atoms with Gasteiger partial charge in [-0.05, 0) is 17.7 Å². The van der Waals surface area contributed by atoms with Crippen LogP contribution in [0, 0.1) is 11.3 Å². The summed E-state index contributed by atoms with van der Waals surface area (Å²) >= 11 is 5.16. The highest BCUT2D eigenvalue weighted by Gasteiger charge is 2.05. The summed E-state index contributed by atoms with van der Waals surface area (Å²) in [7, 11) is 0. The lowest BCUT2D eigenvalue weighted by Crippen LogP contribution is -1.98. The molecule has 0 aliphatic carbocycles. The molecular weight excluding hydrogens is 178 g/mol. The summed E-state index contributed by atoms with van der Waals surface area (Å²) in [6.45, 7) is 0. The summed E-state index contributed by atoms with van der Waals surface area (Å²) in [6.07, 6.45) is 1.23. The van der Waals surface area contributed by atoms with E-state index in [0.29, 0.717) is 0 Å². The van der Waals surface area contributed by atoms with Gasteiger partial charge in [-0.2, -0.15) is 5.26 Å². The maximum atomic E-state index is 10.6. The number of rotatable bonds is 1. The molecule has 0 aromatic carbocycles. The molecular formula is C7H4ClN3O. The van der Waals surface area contributed by atoms with Gasteiger partial charge >= 0.3 is 0 Å². The molecule has 0 amide bonds. The SMILES string of the molecule is N#Cc1cc(C(=O)Cl)cnc1N. The number of nitrogens with zero attached hydrogens (tertiary/aromatic N) is 2. The molecule has 0 saturated heterocycles. The highest BCUT2D eigenvalue weighted by molar-refractivity contribution is 6.67. The van der Waals surface area contributed by atoms with Crippen molar-refractivity contribution in [3.8, 4) is 6.07 Å². The summed E-state index contributed by atoms with van der Waals surface area (Å²) in [5, 5.41) is 7.85. The fourth-order valence-corrected chi connectivity index (χ4v) is 0.776. The third-order valence-corrected chi connectivity index (χ3v) is 1.48. The van der Waals surface area contributed by atoms with Crippen LogP contribution in [-0.2, 0) is 0 Å². The van der Waals surface area contributed by atoms with Crippen LogP contribution in [0.15, 0.2) is 12.3 Å². The van der Waals surface area contributed by atoms with Gasteiger partial charge in [0.15, 0.2) is 0 Å². The maximum absolute atomic E-state index is 10.6. The van der Waals surface area contributed by atoms with Crippen molar-refractivity contribution < 1.29 is 4.79 Å². The molecule has 2 N–H and O–H groups in total. The second-order valence-corrected chi connectivity index (χ2v) is 2.39. The molecule has 0 unspecified atom stereocenters. The van der Waals surface area contributed by atoms with Crippen LogP contribution in [0.1, 0.15) is 15.9 Å². The Balaban J connectivity index is 3.25. The van der Waals surface area contributed by atoms with Gasteiger partial charge in [0.1, 0.15) is 11.9 Å². The number of halogens is 1. The van der Waals surface area contributed by atoms with E-state index in [2.05, 4.69) is 4.98 Å². The number of carbonyl (C=O) groups is 1. The summed E-state index contributed by atoms with van der Waals surface area (Å²) in [4.78, 5) is 14.2. The van der Waals surface area contributed by atoms with Crippen molar-refractivity contribution in [1.29, 1.82) is 5.26 Å². The second kappa shape index (κ2) is 3.20. The summed E-state index contributed by atoms with van der Waals surface area (Å²) in [6, 6.07) is 3.10. The third kappa shape index (κ3) is 1.52. The average Bonchev–Trinajstić information content (AvgIpc) is 2.05. The highest BCUT2D eigenvalue weighted by atomic mass is 35.5. The van der Waals surface area contributed by atoms with E-state index in [1.165, 1.54) is 12.3 Å². The van der Waals surface area contributed by atoms with E-state index in [0.717, 1.165) is 0 Å². The minimum Gasteiger partial charge on any atom is -0.383 e. The Hall–Kier alpha value is -1.60. The van der Waals surface area contributed by atoms with E-state index >= 15 is 0 Å². The quantitative estimate of drug-likeness (QED) is 0.654. The van der Waals surface area contributed by atoms with Gasteiger partial charge in [0, 0.05) is 6.20 Å². The van der Waals surface area contributed by atoms with Gasteiger partial charge in [-0.25, -0.2) is 4.98 Å². The third-order valence-electron chi connectivity index (χ3n) is 1.27. The highest BCUT2D eigenvalue weighted by Crippen LogP contribution is 2.10. The Kier molecular flexibility index (Phi) is 2.26. The van der Waals surface area contributed by atoms with E-state index in [4.69, 9.17) is 22.6 Å².